The lowest BCUT2D eigenvalue weighted by atomic mass is 10.3. The summed E-state index contributed by atoms with van der Waals surface area (Å²) in [5.74, 6) is 0.127. The number of benzene rings is 1. The summed E-state index contributed by atoms with van der Waals surface area (Å²) in [7, 11) is 0. The Morgan fingerprint density at radius 2 is 1.94 bits per heavy atom. The van der Waals surface area contributed by atoms with Crippen LogP contribution in [0.2, 0.25) is 0 Å². The summed E-state index contributed by atoms with van der Waals surface area (Å²) >= 11 is 0. The molecule has 0 bridgehead atoms. The number of ether oxygens (including phenoxy) is 2. The van der Waals surface area contributed by atoms with Gasteiger partial charge in [-0.15, -0.1) is 0 Å². The van der Waals surface area contributed by atoms with Gasteiger partial charge in [0.05, 0.1) is 18.7 Å². The van der Waals surface area contributed by atoms with Crippen LogP contribution in [0.15, 0.2) is 35.3 Å². The minimum atomic E-state index is -0.306. The van der Waals surface area contributed by atoms with Gasteiger partial charge in [0.25, 0.3) is 0 Å². The van der Waals surface area contributed by atoms with Gasteiger partial charge in [-0.3, -0.25) is 4.79 Å². The van der Waals surface area contributed by atoms with Crippen LogP contribution in [0, 0.1) is 0 Å². The maximum Gasteiger partial charge on any atom is 0.314 e. The molecule has 1 rings (SSSR count). The number of para-hydroxylation sites is 1. The summed E-state index contributed by atoms with van der Waals surface area (Å²) < 4.78 is 10.3. The van der Waals surface area contributed by atoms with E-state index in [-0.39, 0.29) is 12.4 Å². The second kappa shape index (κ2) is 8.42. The molecular formula is C14H19NO3. The van der Waals surface area contributed by atoms with Crippen LogP contribution in [-0.2, 0) is 14.3 Å². The van der Waals surface area contributed by atoms with E-state index in [9.17, 15) is 4.79 Å². The smallest absolute Gasteiger partial charge is 0.314 e. The van der Waals surface area contributed by atoms with Crippen LogP contribution in [0.5, 0.6) is 0 Å². The normalized spacial score (nSPS) is 11.3. The molecule has 0 saturated heterocycles. The molecule has 18 heavy (non-hydrogen) atoms. The molecule has 98 valence electrons. The summed E-state index contributed by atoms with van der Waals surface area (Å²) in [6.07, 6.45) is 0.830. The van der Waals surface area contributed by atoms with Gasteiger partial charge in [0.1, 0.15) is 0 Å². The van der Waals surface area contributed by atoms with Crippen molar-refractivity contribution >= 4 is 17.6 Å². The number of rotatable bonds is 6. The van der Waals surface area contributed by atoms with Gasteiger partial charge in [-0.05, 0) is 19.1 Å². The van der Waals surface area contributed by atoms with E-state index in [1.165, 1.54) is 0 Å². The summed E-state index contributed by atoms with van der Waals surface area (Å²) in [5.41, 5.74) is 0.784. The van der Waals surface area contributed by atoms with Crippen LogP contribution in [0.3, 0.4) is 0 Å². The Morgan fingerprint density at radius 3 is 2.56 bits per heavy atom. The van der Waals surface area contributed by atoms with Gasteiger partial charge in [-0.25, -0.2) is 4.99 Å². The Kier molecular flexibility index (Phi) is 6.72. The van der Waals surface area contributed by atoms with E-state index in [1.54, 1.807) is 0 Å². The highest BCUT2D eigenvalue weighted by Crippen LogP contribution is 2.11. The Balaban J connectivity index is 2.51. The third-order valence-electron chi connectivity index (χ3n) is 2.20. The van der Waals surface area contributed by atoms with Crippen LogP contribution in [0.25, 0.3) is 0 Å². The number of aliphatic imine (C=N–C) groups is 1. The summed E-state index contributed by atoms with van der Waals surface area (Å²) in [5, 5.41) is 0. The van der Waals surface area contributed by atoms with E-state index in [0.717, 1.165) is 5.69 Å². The summed E-state index contributed by atoms with van der Waals surface area (Å²) in [4.78, 5) is 15.8. The molecule has 0 heterocycles. The zero-order valence-corrected chi connectivity index (χ0v) is 10.9. The fourth-order valence-electron chi connectivity index (χ4n) is 1.30. The molecule has 0 fully saturated rings. The molecule has 0 saturated carbocycles. The second-order valence-corrected chi connectivity index (χ2v) is 3.62. The van der Waals surface area contributed by atoms with Crippen molar-refractivity contribution in [1.82, 2.24) is 0 Å². The number of carbonyl (C=O) groups is 1. The molecule has 0 spiro atoms. The largest absolute Gasteiger partial charge is 0.411 e. The van der Waals surface area contributed by atoms with Gasteiger partial charge >= 0.3 is 5.97 Å². The molecule has 4 nitrogen and oxygen atoms in total. The van der Waals surface area contributed by atoms with Gasteiger partial charge in [0.2, 0.25) is 0 Å². The highest BCUT2D eigenvalue weighted by molar-refractivity contribution is 5.90. The fourth-order valence-corrected chi connectivity index (χ4v) is 1.30. The first kappa shape index (κ1) is 14.4. The Morgan fingerprint density at radius 1 is 1.22 bits per heavy atom. The topological polar surface area (TPSA) is 47.9 Å². The SMILES string of the molecule is CCOCCC(=O)OC(CC)=Nc1ccccc1. The quantitative estimate of drug-likeness (QED) is 0.337. The molecule has 0 atom stereocenters. The van der Waals surface area contributed by atoms with Crippen LogP contribution >= 0.6 is 0 Å². The Hall–Kier alpha value is -1.68. The molecule has 0 radical (unpaired) electrons. The standard InChI is InChI=1S/C14H19NO3/c1-3-13(15-12-8-6-5-7-9-12)18-14(16)10-11-17-4-2/h5-9H,3-4,10-11H2,1-2H3. The van der Waals surface area contributed by atoms with E-state index in [4.69, 9.17) is 9.47 Å². The number of hydrogen-bond donors (Lipinski definition) is 0. The molecule has 0 aromatic heterocycles. The van der Waals surface area contributed by atoms with Gasteiger partial charge in [0.15, 0.2) is 5.90 Å². The van der Waals surface area contributed by atoms with Crippen molar-refractivity contribution in [1.29, 1.82) is 0 Å². The first-order chi connectivity index (χ1) is 8.76. The number of carbonyl (C=O) groups excluding carboxylic acids is 1. The van der Waals surface area contributed by atoms with Crippen LogP contribution < -0.4 is 0 Å². The molecule has 0 unspecified atom stereocenters. The predicted octanol–water partition coefficient (Wildman–Crippen LogP) is 3.10. The Bertz CT molecular complexity index is 387. The van der Waals surface area contributed by atoms with Crippen molar-refractivity contribution < 1.29 is 14.3 Å². The lowest BCUT2D eigenvalue weighted by molar-refractivity contribution is -0.136. The van der Waals surface area contributed by atoms with E-state index < -0.39 is 0 Å². The van der Waals surface area contributed by atoms with Gasteiger partial charge in [-0.1, -0.05) is 25.1 Å². The number of esters is 1. The molecule has 1 aromatic carbocycles. The molecular weight excluding hydrogens is 230 g/mol. The highest BCUT2D eigenvalue weighted by Gasteiger charge is 2.07. The monoisotopic (exact) mass is 249 g/mol. The minimum absolute atomic E-state index is 0.252. The average molecular weight is 249 g/mol. The maximum atomic E-state index is 11.5. The van der Waals surface area contributed by atoms with Crippen molar-refractivity contribution in [3.05, 3.63) is 30.3 Å². The van der Waals surface area contributed by atoms with Crippen molar-refractivity contribution in [2.24, 2.45) is 4.99 Å². The van der Waals surface area contributed by atoms with E-state index >= 15 is 0 Å². The first-order valence-electron chi connectivity index (χ1n) is 6.17. The van der Waals surface area contributed by atoms with Crippen LogP contribution in [0.4, 0.5) is 5.69 Å². The lowest BCUT2D eigenvalue weighted by Gasteiger charge is -2.06. The van der Waals surface area contributed by atoms with Crippen LogP contribution in [0.1, 0.15) is 26.7 Å². The van der Waals surface area contributed by atoms with Crippen LogP contribution in [-0.4, -0.2) is 25.1 Å². The lowest BCUT2D eigenvalue weighted by Crippen LogP contribution is -2.13. The number of nitrogens with zero attached hydrogens (tertiary/aromatic N) is 1. The molecule has 0 aliphatic heterocycles. The first-order valence-corrected chi connectivity index (χ1v) is 6.17. The molecule has 4 heteroatoms. The third kappa shape index (κ3) is 5.59. The second-order valence-electron chi connectivity index (χ2n) is 3.62. The molecule has 0 N–H and O–H groups in total. The minimum Gasteiger partial charge on any atom is -0.411 e. The van der Waals surface area contributed by atoms with Gasteiger partial charge in [0, 0.05) is 13.0 Å². The van der Waals surface area contributed by atoms with E-state index in [2.05, 4.69) is 4.99 Å². The molecule has 0 aliphatic carbocycles. The number of hydrogen-bond acceptors (Lipinski definition) is 4. The van der Waals surface area contributed by atoms with Crippen molar-refractivity contribution in [3.63, 3.8) is 0 Å². The van der Waals surface area contributed by atoms with Gasteiger partial charge < -0.3 is 9.47 Å². The van der Waals surface area contributed by atoms with Crippen molar-refractivity contribution in [2.45, 2.75) is 26.7 Å². The van der Waals surface area contributed by atoms with Gasteiger partial charge in [-0.2, -0.15) is 0 Å². The predicted molar refractivity (Wildman–Crippen MR) is 71.0 cm³/mol. The van der Waals surface area contributed by atoms with E-state index in [0.29, 0.717) is 25.5 Å². The average Bonchev–Trinajstić information content (AvgIpc) is 2.39. The summed E-state index contributed by atoms with van der Waals surface area (Å²) in [6.45, 7) is 4.78. The molecule has 0 amide bonds. The fraction of sp³-hybridized carbons (Fsp3) is 0.429. The van der Waals surface area contributed by atoms with Crippen molar-refractivity contribution in [2.75, 3.05) is 13.2 Å². The maximum absolute atomic E-state index is 11.5. The zero-order chi connectivity index (χ0) is 13.2. The van der Waals surface area contributed by atoms with E-state index in [1.807, 2.05) is 44.2 Å². The Labute approximate surface area is 108 Å². The molecule has 1 aromatic rings. The zero-order valence-electron chi connectivity index (χ0n) is 10.9. The molecule has 0 aliphatic rings. The van der Waals surface area contributed by atoms with Crippen molar-refractivity contribution in [3.8, 4) is 0 Å². The highest BCUT2D eigenvalue weighted by atomic mass is 16.5. The summed E-state index contributed by atoms with van der Waals surface area (Å²) in [6, 6.07) is 9.43. The third-order valence-corrected chi connectivity index (χ3v) is 2.20.